The van der Waals surface area contributed by atoms with Gasteiger partial charge in [-0.25, -0.2) is 13.2 Å². The van der Waals surface area contributed by atoms with Crippen LogP contribution in [0.5, 0.6) is 0 Å². The zero-order chi connectivity index (χ0) is 17.3. The number of rotatable bonds is 5. The molecule has 0 aliphatic carbocycles. The Kier molecular flexibility index (Phi) is 3.86. The van der Waals surface area contributed by atoms with Crippen molar-refractivity contribution < 1.29 is 22.7 Å². The third kappa shape index (κ3) is 3.30. The predicted molar refractivity (Wildman–Crippen MR) is 82.8 cm³/mol. The van der Waals surface area contributed by atoms with E-state index in [2.05, 4.69) is 9.71 Å². The number of hydrogen-bond donors (Lipinski definition) is 2. The van der Waals surface area contributed by atoms with Crippen LogP contribution < -0.4 is 15.6 Å². The lowest BCUT2D eigenvalue weighted by molar-refractivity contribution is -0.304. The first-order valence-electron chi connectivity index (χ1n) is 6.78. The van der Waals surface area contributed by atoms with Crippen LogP contribution in [0.15, 0.2) is 56.6 Å². The average molecular weight is 347 g/mol. The summed E-state index contributed by atoms with van der Waals surface area (Å²) in [5.41, 5.74) is 1.29. The van der Waals surface area contributed by atoms with Gasteiger partial charge in [0.05, 0.1) is 10.4 Å². The highest BCUT2D eigenvalue weighted by Crippen LogP contribution is 2.20. The van der Waals surface area contributed by atoms with E-state index in [4.69, 9.17) is 4.42 Å². The average Bonchev–Trinajstić information content (AvgIpc) is 2.87. The van der Waals surface area contributed by atoms with Crippen LogP contribution >= 0.6 is 0 Å². The number of fused-ring (bicyclic) bond motifs is 1. The second-order valence-corrected chi connectivity index (χ2v) is 6.71. The van der Waals surface area contributed by atoms with Gasteiger partial charge in [0, 0.05) is 24.1 Å². The lowest BCUT2D eigenvalue weighted by Crippen LogP contribution is -2.24. The Morgan fingerprint density at radius 3 is 2.54 bits per heavy atom. The van der Waals surface area contributed by atoms with Gasteiger partial charge in [-0.05, 0) is 29.8 Å². The van der Waals surface area contributed by atoms with Crippen LogP contribution in [-0.4, -0.2) is 19.4 Å². The largest absolute Gasteiger partial charge is 0.550 e. The molecule has 1 heterocycles. The number of carboxylic acids is 1. The molecule has 2 aromatic carbocycles. The molecule has 0 aliphatic heterocycles. The molecule has 0 fully saturated rings. The molecule has 0 radical (unpaired) electrons. The maximum atomic E-state index is 12.4. The Morgan fingerprint density at radius 2 is 1.88 bits per heavy atom. The molecular weight excluding hydrogens is 336 g/mol. The van der Waals surface area contributed by atoms with E-state index in [1.54, 1.807) is 0 Å². The number of benzene rings is 2. The molecule has 9 heteroatoms. The van der Waals surface area contributed by atoms with E-state index in [0.717, 1.165) is 0 Å². The fraction of sp³-hybridized carbons (Fsp3) is 0.0667. The molecule has 0 aliphatic rings. The number of anilines is 1. The van der Waals surface area contributed by atoms with Gasteiger partial charge in [-0.15, -0.1) is 0 Å². The first-order chi connectivity index (χ1) is 11.3. The Bertz CT molecular complexity index is 1060. The van der Waals surface area contributed by atoms with E-state index in [-0.39, 0.29) is 22.6 Å². The Morgan fingerprint density at radius 1 is 1.17 bits per heavy atom. The lowest BCUT2D eigenvalue weighted by atomic mass is 10.1. The van der Waals surface area contributed by atoms with E-state index in [9.17, 15) is 23.1 Å². The van der Waals surface area contributed by atoms with E-state index < -0.39 is 21.7 Å². The van der Waals surface area contributed by atoms with Gasteiger partial charge < -0.3 is 14.3 Å². The van der Waals surface area contributed by atoms with Crippen molar-refractivity contribution in [3.8, 4) is 0 Å². The van der Waals surface area contributed by atoms with Crippen LogP contribution in [-0.2, 0) is 21.2 Å². The third-order valence-electron chi connectivity index (χ3n) is 3.26. The van der Waals surface area contributed by atoms with Crippen LogP contribution in [0.1, 0.15) is 5.56 Å². The molecule has 0 spiro atoms. The predicted octanol–water partition coefficient (Wildman–Crippen LogP) is 0.214. The third-order valence-corrected chi connectivity index (χ3v) is 4.64. The summed E-state index contributed by atoms with van der Waals surface area (Å²) >= 11 is 0. The van der Waals surface area contributed by atoms with Gasteiger partial charge in [0.15, 0.2) is 5.58 Å². The summed E-state index contributed by atoms with van der Waals surface area (Å²) in [6, 6.07) is 9.87. The number of carbonyl (C=O) groups excluding carboxylic acids is 1. The number of carboxylic acid groups (broad SMARTS) is 1. The molecule has 0 unspecified atom stereocenters. The van der Waals surface area contributed by atoms with Gasteiger partial charge in [-0.1, -0.05) is 12.1 Å². The van der Waals surface area contributed by atoms with Crippen LogP contribution in [0, 0.1) is 0 Å². The number of aromatic nitrogens is 1. The molecule has 0 bridgehead atoms. The molecule has 24 heavy (non-hydrogen) atoms. The van der Waals surface area contributed by atoms with Crippen molar-refractivity contribution in [3.05, 3.63) is 58.6 Å². The van der Waals surface area contributed by atoms with Crippen molar-refractivity contribution in [2.75, 3.05) is 4.72 Å². The first kappa shape index (κ1) is 15.8. The van der Waals surface area contributed by atoms with Crippen LogP contribution in [0.2, 0.25) is 0 Å². The standard InChI is InChI=1S/C15H12N2O6S/c18-14(19)7-9-1-3-10(4-2-9)17-24(21,22)11-5-6-12-13(8-11)23-15(20)16-12/h1-6,8,17H,7H2,(H,16,20)(H,18,19)/p-1. The highest BCUT2D eigenvalue weighted by atomic mass is 32.2. The quantitative estimate of drug-likeness (QED) is 0.678. The molecule has 3 aromatic rings. The maximum absolute atomic E-state index is 12.4. The van der Waals surface area contributed by atoms with Crippen molar-refractivity contribution in [3.63, 3.8) is 0 Å². The summed E-state index contributed by atoms with van der Waals surface area (Å²) in [6.07, 6.45) is -0.254. The maximum Gasteiger partial charge on any atom is 0.417 e. The topological polar surface area (TPSA) is 132 Å². The smallest absolute Gasteiger partial charge is 0.417 e. The molecule has 0 amide bonds. The number of H-pyrrole nitrogens is 1. The molecule has 8 nitrogen and oxygen atoms in total. The normalized spacial score (nSPS) is 11.5. The Hall–Kier alpha value is -3.07. The van der Waals surface area contributed by atoms with Crippen molar-refractivity contribution in [2.45, 2.75) is 11.3 Å². The fourth-order valence-corrected chi connectivity index (χ4v) is 3.24. The summed E-state index contributed by atoms with van der Waals surface area (Å²) in [7, 11) is -3.89. The van der Waals surface area contributed by atoms with Gasteiger partial charge >= 0.3 is 5.76 Å². The van der Waals surface area contributed by atoms with E-state index in [0.29, 0.717) is 11.1 Å². The number of oxazole rings is 1. The van der Waals surface area contributed by atoms with Gasteiger partial charge in [0.25, 0.3) is 10.0 Å². The number of sulfonamides is 1. The molecule has 3 rings (SSSR count). The number of hydrogen-bond acceptors (Lipinski definition) is 6. The highest BCUT2D eigenvalue weighted by molar-refractivity contribution is 7.92. The summed E-state index contributed by atoms with van der Waals surface area (Å²) in [6.45, 7) is 0. The molecule has 2 N–H and O–H groups in total. The minimum atomic E-state index is -3.89. The number of aliphatic carboxylic acids is 1. The van der Waals surface area contributed by atoms with Crippen LogP contribution in [0.4, 0.5) is 5.69 Å². The SMILES string of the molecule is O=C([O-])Cc1ccc(NS(=O)(=O)c2ccc3[nH]c(=O)oc3c2)cc1. The van der Waals surface area contributed by atoms with Crippen LogP contribution in [0.25, 0.3) is 11.1 Å². The summed E-state index contributed by atoms with van der Waals surface area (Å²) < 4.78 is 31.9. The molecule has 124 valence electrons. The van der Waals surface area contributed by atoms with E-state index in [1.165, 1.54) is 42.5 Å². The highest BCUT2D eigenvalue weighted by Gasteiger charge is 2.16. The minimum absolute atomic E-state index is 0.0726. The summed E-state index contributed by atoms with van der Waals surface area (Å²) in [4.78, 5) is 24.0. The lowest BCUT2D eigenvalue weighted by Gasteiger charge is -2.09. The number of nitrogens with one attached hydrogen (secondary N) is 2. The van der Waals surface area contributed by atoms with Gasteiger partial charge in [0.1, 0.15) is 0 Å². The summed E-state index contributed by atoms with van der Waals surface area (Å²) in [5.74, 6) is -1.89. The molecule has 0 saturated heterocycles. The fourth-order valence-electron chi connectivity index (χ4n) is 2.16. The molecule has 0 atom stereocenters. The van der Waals surface area contributed by atoms with Crippen molar-refractivity contribution in [1.29, 1.82) is 0 Å². The molecular formula is C15H11N2O6S-. The monoisotopic (exact) mass is 347 g/mol. The van der Waals surface area contributed by atoms with Crippen molar-refractivity contribution in [2.24, 2.45) is 0 Å². The molecule has 1 aromatic heterocycles. The number of carbonyl (C=O) groups is 1. The Balaban J connectivity index is 1.86. The Labute approximate surface area is 135 Å². The number of aromatic amines is 1. The zero-order valence-corrected chi connectivity index (χ0v) is 12.9. The first-order valence-corrected chi connectivity index (χ1v) is 8.26. The summed E-state index contributed by atoms with van der Waals surface area (Å²) in [5, 5.41) is 10.5. The van der Waals surface area contributed by atoms with E-state index in [1.807, 2.05) is 0 Å². The molecule has 0 saturated carbocycles. The zero-order valence-electron chi connectivity index (χ0n) is 12.1. The van der Waals surface area contributed by atoms with Crippen molar-refractivity contribution in [1.82, 2.24) is 4.98 Å². The second kappa shape index (κ2) is 5.85. The van der Waals surface area contributed by atoms with Crippen molar-refractivity contribution >= 4 is 32.8 Å². The van der Waals surface area contributed by atoms with Gasteiger partial charge in [-0.3, -0.25) is 9.71 Å². The second-order valence-electron chi connectivity index (χ2n) is 5.02. The van der Waals surface area contributed by atoms with Gasteiger partial charge in [0.2, 0.25) is 0 Å². The minimum Gasteiger partial charge on any atom is -0.550 e. The van der Waals surface area contributed by atoms with E-state index >= 15 is 0 Å². The van der Waals surface area contributed by atoms with Crippen LogP contribution in [0.3, 0.4) is 0 Å². The van der Waals surface area contributed by atoms with Gasteiger partial charge in [-0.2, -0.15) is 0 Å².